The average Bonchev–Trinajstić information content (AvgIpc) is 3.63. The topological polar surface area (TPSA) is 590 Å². The summed E-state index contributed by atoms with van der Waals surface area (Å²) in [6.45, 7) is -3.51. The van der Waals surface area contributed by atoms with Gasteiger partial charge in [0.05, 0.1) is 51.3 Å². The van der Waals surface area contributed by atoms with Gasteiger partial charge in [0, 0.05) is 20.3 Å². The van der Waals surface area contributed by atoms with E-state index in [-0.39, 0.29) is 0 Å². The van der Waals surface area contributed by atoms with Crippen molar-refractivity contribution < 1.29 is 168 Å². The van der Waals surface area contributed by atoms with Crippen LogP contribution in [0.5, 0.6) is 0 Å². The molecule has 6 heterocycles. The van der Waals surface area contributed by atoms with Gasteiger partial charge in [-0.1, -0.05) is 0 Å². The first-order valence-electron chi connectivity index (χ1n) is 25.8. The van der Waals surface area contributed by atoms with Crippen molar-refractivity contribution in [1.82, 2.24) is 16.0 Å². The molecule has 0 aromatic rings. The maximum absolute atomic E-state index is 12.9. The molecule has 474 valence electrons. The molecule has 6 rings (SSSR count). The quantitative estimate of drug-likeness (QED) is 0.0479. The lowest BCUT2D eigenvalue weighted by molar-refractivity contribution is -0.404. The Labute approximate surface area is 463 Å². The smallest absolute Gasteiger partial charge is 0.364 e. The Bertz CT molecular complexity index is 2090. The van der Waals surface area contributed by atoms with Crippen LogP contribution in [0.3, 0.4) is 0 Å². The Balaban J connectivity index is 1.32. The van der Waals surface area contributed by atoms with Crippen LogP contribution in [0, 0.1) is 0 Å². The molecule has 31 atom stereocenters. The van der Waals surface area contributed by atoms with Crippen molar-refractivity contribution in [3.8, 4) is 0 Å². The highest BCUT2D eigenvalue weighted by Crippen LogP contribution is 2.39. The number of hydrogen-bond acceptors (Lipinski definition) is 33. The lowest BCUT2D eigenvalue weighted by atomic mass is 9.88. The molecule has 0 bridgehead atoms. The number of rotatable bonds is 22. The summed E-state index contributed by atoms with van der Waals surface area (Å²) in [4.78, 5) is 49.9. The van der Waals surface area contributed by atoms with Gasteiger partial charge in [0.1, 0.15) is 141 Å². The molecule has 6 aliphatic heterocycles. The lowest BCUT2D eigenvalue weighted by Crippen LogP contribution is -2.70. The Morgan fingerprint density at radius 3 is 1.62 bits per heavy atom. The minimum Gasteiger partial charge on any atom is -0.477 e. The molecule has 6 aliphatic rings. The Morgan fingerprint density at radius 1 is 0.537 bits per heavy atom. The number of hydrogen-bond donors (Lipinski definition) is 22. The van der Waals surface area contributed by atoms with E-state index in [1.165, 1.54) is 6.92 Å². The van der Waals surface area contributed by atoms with Crippen LogP contribution in [0.1, 0.15) is 27.2 Å². The van der Waals surface area contributed by atoms with Crippen molar-refractivity contribution >= 4 is 23.7 Å². The van der Waals surface area contributed by atoms with Crippen LogP contribution in [0.25, 0.3) is 0 Å². The summed E-state index contributed by atoms with van der Waals surface area (Å²) in [7, 11) is 0. The second-order valence-electron chi connectivity index (χ2n) is 20.4. The molecule has 0 aromatic heterocycles. The molecular formula is C45H75N3O34. The number of carbonyl (C=O) groups excluding carboxylic acids is 3. The maximum atomic E-state index is 12.9. The van der Waals surface area contributed by atoms with Gasteiger partial charge < -0.3 is 165 Å². The molecule has 82 heavy (non-hydrogen) atoms. The minimum absolute atomic E-state index is 0.824. The normalized spacial score (nSPS) is 46.3. The largest absolute Gasteiger partial charge is 0.477 e. The standard InChI is InChI=1S/C45H75N3O34/c1-11-24(59)31(66)32(67)41(73-11)81-38-37(80-40-22(46-12(2)54)30(65)26(61)16(6-50)75-40)28(63)18(8-52)77-43(38)79-36-27(62)17(7-51)76-42(33(36)68)78-34-23(47-13(3)55)39(69)74-19(29(34)64)10-72-45(44(70)71)4-14(56)21(48-20(58)9-53)35(82-45)25(60)15(57)5-49/h11,14-19,21-43,49-53,56-57,59-69H,4-10H2,1-3H3,(H,46,54)(H,47,55)(H,48,58)(H,70,71)/t11-,14-,15+,16+,17+,18+,19+,21+,22+,23+,24+,25+,26-,27-,28-,29-,30+,31+,32-,33+,34+,35+,36-,37-,38+,39?,40+,41-,42-,43-,45+/m0/s1. The SMILES string of the molecule is CC(=O)N[C@H]1[C@@H](O[C@H]2[C@@H](O)[C@@H](CO)O[C@@H](O[C@H]3[C@@H](O)[C@@H](CO)O[C@@H](O[C@H]4[C@@H](O)[C@@H](CO[C@]5(C(=O)O)C[C@H](O)[C@@H](NC(=O)CO)[C@H]([C@H](O)[C@H](O)CO)O5)OC(O)[C@@H]4NC(C)=O)[C@@H]3O)[C@@H]2O[C@@H]2O[C@@H](C)[C@@H](O)[C@@H](O)[C@@H]2O)O[C@H](CO)[C@H](O)[C@@H]1O. The van der Waals surface area contributed by atoms with Gasteiger partial charge in [-0.2, -0.15) is 0 Å². The molecule has 3 amide bonds. The van der Waals surface area contributed by atoms with E-state index in [9.17, 15) is 116 Å². The first kappa shape index (κ1) is 67.8. The van der Waals surface area contributed by atoms with Gasteiger partial charge in [0.2, 0.25) is 17.7 Å². The molecular weight excluding hydrogens is 1130 g/mol. The molecule has 0 aromatic carbocycles. The molecule has 6 fully saturated rings. The molecule has 1 unspecified atom stereocenters. The number of carboxylic acid groups (broad SMARTS) is 1. The van der Waals surface area contributed by atoms with E-state index in [1.807, 2.05) is 0 Å². The summed E-state index contributed by atoms with van der Waals surface area (Å²) >= 11 is 0. The third-order valence-corrected chi connectivity index (χ3v) is 14.7. The van der Waals surface area contributed by atoms with Crippen molar-refractivity contribution in [2.45, 2.75) is 217 Å². The van der Waals surface area contributed by atoms with Gasteiger partial charge in [-0.05, 0) is 6.92 Å². The van der Waals surface area contributed by atoms with Crippen molar-refractivity contribution in [2.24, 2.45) is 0 Å². The fourth-order valence-electron chi connectivity index (χ4n) is 10.2. The van der Waals surface area contributed by atoms with Gasteiger partial charge in [-0.3, -0.25) is 14.4 Å². The van der Waals surface area contributed by atoms with Crippen molar-refractivity contribution in [2.75, 3.05) is 39.6 Å². The van der Waals surface area contributed by atoms with E-state index in [2.05, 4.69) is 16.0 Å². The van der Waals surface area contributed by atoms with Gasteiger partial charge in [-0.25, -0.2) is 4.79 Å². The fourth-order valence-corrected chi connectivity index (χ4v) is 10.2. The number of carboxylic acids is 1. The number of ether oxygens (including phenoxy) is 11. The van der Waals surface area contributed by atoms with E-state index in [1.54, 1.807) is 0 Å². The summed E-state index contributed by atoms with van der Waals surface area (Å²) < 4.78 is 63.8. The van der Waals surface area contributed by atoms with Crippen molar-refractivity contribution in [3.05, 3.63) is 0 Å². The van der Waals surface area contributed by atoms with Crippen LogP contribution in [-0.4, -0.2) is 350 Å². The number of aliphatic hydroxyl groups is 18. The summed E-state index contributed by atoms with van der Waals surface area (Å²) in [5.74, 6) is -8.01. The minimum atomic E-state index is -3.09. The summed E-state index contributed by atoms with van der Waals surface area (Å²) in [6, 6.07) is -5.35. The second kappa shape index (κ2) is 28.9. The monoisotopic (exact) mass is 1200 g/mol. The van der Waals surface area contributed by atoms with E-state index in [0.717, 1.165) is 13.8 Å². The summed E-state index contributed by atoms with van der Waals surface area (Å²) in [5.41, 5.74) is 0. The van der Waals surface area contributed by atoms with Crippen molar-refractivity contribution in [1.29, 1.82) is 0 Å². The zero-order chi connectivity index (χ0) is 61.0. The van der Waals surface area contributed by atoms with Crippen molar-refractivity contribution in [3.63, 3.8) is 0 Å². The molecule has 0 spiro atoms. The first-order valence-corrected chi connectivity index (χ1v) is 25.8. The van der Waals surface area contributed by atoms with E-state index in [0.29, 0.717) is 0 Å². The number of aliphatic carboxylic acids is 1. The zero-order valence-electron chi connectivity index (χ0n) is 43.9. The van der Waals surface area contributed by atoms with Gasteiger partial charge in [0.25, 0.3) is 5.79 Å². The van der Waals surface area contributed by atoms with Gasteiger partial charge >= 0.3 is 5.97 Å². The molecule has 37 nitrogen and oxygen atoms in total. The first-order chi connectivity index (χ1) is 38.6. The van der Waals surface area contributed by atoms with E-state index in [4.69, 9.17) is 52.1 Å². The van der Waals surface area contributed by atoms with Gasteiger partial charge in [-0.15, -0.1) is 0 Å². The molecule has 0 saturated carbocycles. The Hall–Kier alpha value is -3.28. The number of aliphatic hydroxyl groups excluding tert-OH is 18. The van der Waals surface area contributed by atoms with Crippen LogP contribution < -0.4 is 16.0 Å². The molecule has 0 aliphatic carbocycles. The predicted octanol–water partition coefficient (Wildman–Crippen LogP) is -14.5. The number of carbonyl (C=O) groups is 4. The van der Waals surface area contributed by atoms with Crippen LogP contribution in [0.2, 0.25) is 0 Å². The molecule has 0 radical (unpaired) electrons. The van der Waals surface area contributed by atoms with Crippen LogP contribution in [0.4, 0.5) is 0 Å². The summed E-state index contributed by atoms with van der Waals surface area (Å²) in [5, 5.41) is 212. The highest BCUT2D eigenvalue weighted by atomic mass is 16.8. The highest BCUT2D eigenvalue weighted by molar-refractivity contribution is 5.78. The van der Waals surface area contributed by atoms with Crippen LogP contribution in [-0.2, 0) is 71.3 Å². The molecule has 6 saturated heterocycles. The molecule has 22 N–H and O–H groups in total. The second-order valence-corrected chi connectivity index (χ2v) is 20.4. The zero-order valence-corrected chi connectivity index (χ0v) is 43.9. The maximum Gasteiger partial charge on any atom is 0.364 e. The average molecular weight is 1200 g/mol. The molecule has 37 heteroatoms. The summed E-state index contributed by atoms with van der Waals surface area (Å²) in [6.07, 6.45) is -56.2. The fraction of sp³-hybridized carbons (Fsp3) is 0.911. The van der Waals surface area contributed by atoms with E-state index < -0.39 is 259 Å². The van der Waals surface area contributed by atoms with E-state index >= 15 is 0 Å². The third kappa shape index (κ3) is 14.7. The highest BCUT2D eigenvalue weighted by Gasteiger charge is 2.60. The number of amides is 3. The van der Waals surface area contributed by atoms with Crippen LogP contribution in [0.15, 0.2) is 0 Å². The van der Waals surface area contributed by atoms with Gasteiger partial charge in [0.15, 0.2) is 31.5 Å². The lowest BCUT2D eigenvalue weighted by Gasteiger charge is -2.51. The Morgan fingerprint density at radius 2 is 1.05 bits per heavy atom. The Kier molecular flexibility index (Phi) is 23.9. The third-order valence-electron chi connectivity index (χ3n) is 14.7. The van der Waals surface area contributed by atoms with Crippen LogP contribution >= 0.6 is 0 Å². The predicted molar refractivity (Wildman–Crippen MR) is 251 cm³/mol. The number of nitrogens with one attached hydrogen (secondary N) is 3.